The first-order valence-electron chi connectivity index (χ1n) is 8.46. The summed E-state index contributed by atoms with van der Waals surface area (Å²) >= 11 is 0. The Hall–Kier alpha value is -2.83. The predicted molar refractivity (Wildman–Crippen MR) is 98.5 cm³/mol. The van der Waals surface area contributed by atoms with Crippen molar-refractivity contribution in [2.75, 3.05) is 43.1 Å². The zero-order valence-corrected chi connectivity index (χ0v) is 14.8. The van der Waals surface area contributed by atoms with Crippen LogP contribution in [-0.2, 0) is 7.05 Å². The number of aromatic nitrogens is 4. The largest absolute Gasteiger partial charge is 0.495 e. The molecular weight excluding hydrogens is 316 g/mol. The van der Waals surface area contributed by atoms with Gasteiger partial charge >= 0.3 is 0 Å². The summed E-state index contributed by atoms with van der Waals surface area (Å²) in [6.45, 7) is 5.66. The Labute approximate surface area is 146 Å². The molecule has 0 atom stereocenters. The summed E-state index contributed by atoms with van der Waals surface area (Å²) in [6, 6.07) is 8.18. The van der Waals surface area contributed by atoms with Gasteiger partial charge in [0, 0.05) is 33.2 Å². The van der Waals surface area contributed by atoms with Crippen LogP contribution in [0.2, 0.25) is 0 Å². The van der Waals surface area contributed by atoms with Crippen LogP contribution in [0.15, 0.2) is 30.6 Å². The lowest BCUT2D eigenvalue weighted by atomic mass is 10.2. The van der Waals surface area contributed by atoms with Gasteiger partial charge in [-0.15, -0.1) is 0 Å². The molecule has 3 heterocycles. The van der Waals surface area contributed by atoms with Gasteiger partial charge in [-0.05, 0) is 19.1 Å². The summed E-state index contributed by atoms with van der Waals surface area (Å²) in [5, 5.41) is 5.54. The molecule has 1 aliphatic heterocycles. The normalized spacial score (nSPS) is 15.0. The number of benzene rings is 1. The molecule has 25 heavy (non-hydrogen) atoms. The van der Waals surface area contributed by atoms with E-state index in [-0.39, 0.29) is 0 Å². The summed E-state index contributed by atoms with van der Waals surface area (Å²) in [7, 11) is 3.64. The molecule has 4 rings (SSSR count). The lowest BCUT2D eigenvalue weighted by Gasteiger charge is -2.37. The molecule has 7 heteroatoms. The second-order valence-electron chi connectivity index (χ2n) is 6.25. The van der Waals surface area contributed by atoms with Crippen molar-refractivity contribution in [1.29, 1.82) is 0 Å². The highest BCUT2D eigenvalue weighted by Gasteiger charge is 2.23. The highest BCUT2D eigenvalue weighted by atomic mass is 16.5. The van der Waals surface area contributed by atoms with Gasteiger partial charge in [0.25, 0.3) is 0 Å². The Balaban J connectivity index is 1.59. The predicted octanol–water partition coefficient (Wildman–Crippen LogP) is 2.01. The molecular formula is C18H22N6O. The fourth-order valence-corrected chi connectivity index (χ4v) is 3.55. The van der Waals surface area contributed by atoms with E-state index >= 15 is 0 Å². The average molecular weight is 338 g/mol. The summed E-state index contributed by atoms with van der Waals surface area (Å²) in [6.07, 6.45) is 1.63. The Morgan fingerprint density at radius 2 is 1.72 bits per heavy atom. The molecule has 1 saturated heterocycles. The molecule has 0 spiro atoms. The van der Waals surface area contributed by atoms with Crippen molar-refractivity contribution in [2.24, 2.45) is 7.05 Å². The molecule has 130 valence electrons. The second kappa shape index (κ2) is 6.23. The van der Waals surface area contributed by atoms with E-state index in [0.717, 1.165) is 60.2 Å². The summed E-state index contributed by atoms with van der Waals surface area (Å²) in [5.74, 6) is 1.90. The van der Waals surface area contributed by atoms with Crippen LogP contribution < -0.4 is 14.5 Å². The number of fused-ring (bicyclic) bond motifs is 1. The van der Waals surface area contributed by atoms with Crippen LogP contribution in [0.4, 0.5) is 11.5 Å². The van der Waals surface area contributed by atoms with Gasteiger partial charge in [-0.3, -0.25) is 4.68 Å². The van der Waals surface area contributed by atoms with E-state index in [1.807, 2.05) is 30.8 Å². The van der Waals surface area contributed by atoms with Crippen LogP contribution in [0.1, 0.15) is 5.69 Å². The molecule has 2 aromatic heterocycles. The van der Waals surface area contributed by atoms with Crippen molar-refractivity contribution in [2.45, 2.75) is 6.92 Å². The first-order valence-corrected chi connectivity index (χ1v) is 8.46. The number of anilines is 2. The molecule has 7 nitrogen and oxygen atoms in total. The van der Waals surface area contributed by atoms with Gasteiger partial charge in [-0.2, -0.15) is 5.10 Å². The highest BCUT2D eigenvalue weighted by molar-refractivity contribution is 5.89. The second-order valence-corrected chi connectivity index (χ2v) is 6.25. The molecule has 0 saturated carbocycles. The molecule has 0 aliphatic carbocycles. The standard InChI is InChI=1S/C18H22N6O/c1-13-16-17(22(2)21-13)19-12-20-18(16)24-10-8-23(9-11-24)14-6-4-5-7-15(14)25-3/h4-7,12H,8-11H2,1-3H3. The van der Waals surface area contributed by atoms with Crippen molar-refractivity contribution in [3.05, 3.63) is 36.3 Å². The van der Waals surface area contributed by atoms with Gasteiger partial charge in [0.1, 0.15) is 17.9 Å². The smallest absolute Gasteiger partial charge is 0.163 e. The Kier molecular flexibility index (Phi) is 3.91. The van der Waals surface area contributed by atoms with Crippen molar-refractivity contribution in [1.82, 2.24) is 19.7 Å². The van der Waals surface area contributed by atoms with E-state index in [4.69, 9.17) is 4.74 Å². The summed E-state index contributed by atoms with van der Waals surface area (Å²) in [4.78, 5) is 13.6. The number of para-hydroxylation sites is 2. The van der Waals surface area contributed by atoms with Gasteiger partial charge < -0.3 is 14.5 Å². The number of aryl methyl sites for hydroxylation is 2. The van der Waals surface area contributed by atoms with E-state index in [2.05, 4.69) is 37.0 Å². The van der Waals surface area contributed by atoms with Crippen molar-refractivity contribution in [3.63, 3.8) is 0 Å². The van der Waals surface area contributed by atoms with Gasteiger partial charge in [0.15, 0.2) is 5.65 Å². The number of piperazine rings is 1. The number of rotatable bonds is 3. The minimum absolute atomic E-state index is 0.884. The SMILES string of the molecule is COc1ccccc1N1CCN(c2ncnc3c2c(C)nn3C)CC1. The fraction of sp³-hybridized carbons (Fsp3) is 0.389. The molecule has 1 fully saturated rings. The third kappa shape index (κ3) is 2.65. The maximum Gasteiger partial charge on any atom is 0.163 e. The maximum atomic E-state index is 5.50. The lowest BCUT2D eigenvalue weighted by Crippen LogP contribution is -2.47. The average Bonchev–Trinajstić information content (AvgIpc) is 2.96. The van der Waals surface area contributed by atoms with Gasteiger partial charge in [0.05, 0.1) is 23.9 Å². The minimum atomic E-state index is 0.884. The number of hydrogen-bond donors (Lipinski definition) is 0. The van der Waals surface area contributed by atoms with E-state index < -0.39 is 0 Å². The Morgan fingerprint density at radius 3 is 2.48 bits per heavy atom. The highest BCUT2D eigenvalue weighted by Crippen LogP contribution is 2.30. The first-order chi connectivity index (χ1) is 12.2. The number of nitrogens with zero attached hydrogens (tertiary/aromatic N) is 6. The number of ether oxygens (including phenoxy) is 1. The monoisotopic (exact) mass is 338 g/mol. The lowest BCUT2D eigenvalue weighted by molar-refractivity contribution is 0.413. The molecule has 0 amide bonds. The molecule has 1 aliphatic rings. The van der Waals surface area contributed by atoms with E-state index in [1.54, 1.807) is 13.4 Å². The van der Waals surface area contributed by atoms with E-state index in [9.17, 15) is 0 Å². The molecule has 0 bridgehead atoms. The fourth-order valence-electron chi connectivity index (χ4n) is 3.55. The van der Waals surface area contributed by atoms with Crippen LogP contribution in [0.5, 0.6) is 5.75 Å². The molecule has 0 radical (unpaired) electrons. The number of hydrogen-bond acceptors (Lipinski definition) is 6. The molecule has 3 aromatic rings. The quantitative estimate of drug-likeness (QED) is 0.728. The van der Waals surface area contributed by atoms with Crippen LogP contribution in [0.25, 0.3) is 11.0 Å². The molecule has 0 unspecified atom stereocenters. The van der Waals surface area contributed by atoms with Crippen molar-refractivity contribution in [3.8, 4) is 5.75 Å². The summed E-state index contributed by atoms with van der Waals surface area (Å²) < 4.78 is 7.32. The van der Waals surface area contributed by atoms with Gasteiger partial charge in [-0.25, -0.2) is 9.97 Å². The minimum Gasteiger partial charge on any atom is -0.495 e. The van der Waals surface area contributed by atoms with Crippen molar-refractivity contribution < 1.29 is 4.74 Å². The Bertz CT molecular complexity index is 898. The van der Waals surface area contributed by atoms with E-state index in [0.29, 0.717) is 0 Å². The topological polar surface area (TPSA) is 59.3 Å². The third-order valence-electron chi connectivity index (χ3n) is 4.78. The van der Waals surface area contributed by atoms with Crippen LogP contribution in [0.3, 0.4) is 0 Å². The Morgan fingerprint density at radius 1 is 1.00 bits per heavy atom. The summed E-state index contributed by atoms with van der Waals surface area (Å²) in [5.41, 5.74) is 3.00. The maximum absolute atomic E-state index is 5.50. The zero-order valence-electron chi connectivity index (χ0n) is 14.8. The zero-order chi connectivity index (χ0) is 17.4. The van der Waals surface area contributed by atoms with Crippen LogP contribution in [-0.4, -0.2) is 53.0 Å². The molecule has 0 N–H and O–H groups in total. The van der Waals surface area contributed by atoms with Crippen LogP contribution >= 0.6 is 0 Å². The van der Waals surface area contributed by atoms with Gasteiger partial charge in [-0.1, -0.05) is 12.1 Å². The first kappa shape index (κ1) is 15.7. The van der Waals surface area contributed by atoms with Crippen molar-refractivity contribution >= 4 is 22.5 Å². The van der Waals surface area contributed by atoms with Gasteiger partial charge in [0.2, 0.25) is 0 Å². The van der Waals surface area contributed by atoms with Crippen LogP contribution in [0, 0.1) is 6.92 Å². The number of methoxy groups -OCH3 is 1. The van der Waals surface area contributed by atoms with E-state index in [1.165, 1.54) is 0 Å². The molecule has 1 aromatic carbocycles. The third-order valence-corrected chi connectivity index (χ3v) is 4.78.